The van der Waals surface area contributed by atoms with Crippen LogP contribution in [0.25, 0.3) is 0 Å². The minimum atomic E-state index is -1.12. The Bertz CT molecular complexity index is 1330. The molecule has 0 aromatic heterocycles. The van der Waals surface area contributed by atoms with E-state index in [0.717, 1.165) is 36.5 Å². The fraction of sp³-hybridized carbons (Fsp3) is 0.310. The maximum Gasteiger partial charge on any atom is 0.269 e. The number of fused-ring (bicyclic) bond motifs is 3. The number of carbonyl (C=O) groups is 2. The van der Waals surface area contributed by atoms with E-state index in [9.17, 15) is 9.59 Å². The van der Waals surface area contributed by atoms with E-state index in [2.05, 4.69) is 29.2 Å². The molecule has 1 unspecified atom stereocenters. The number of thioether (sulfide) groups is 1. The zero-order chi connectivity index (χ0) is 24.9. The highest BCUT2D eigenvalue weighted by Crippen LogP contribution is 2.57. The molecule has 3 aromatic carbocycles. The highest BCUT2D eigenvalue weighted by Gasteiger charge is 2.63. The average Bonchev–Trinajstić information content (AvgIpc) is 3.30. The molecule has 1 saturated heterocycles. The summed E-state index contributed by atoms with van der Waals surface area (Å²) >= 11 is 1.44. The number of hydrogen-bond donors (Lipinski definition) is 0. The van der Waals surface area contributed by atoms with Crippen LogP contribution in [-0.4, -0.2) is 41.8 Å². The first-order chi connectivity index (χ1) is 17.5. The van der Waals surface area contributed by atoms with Gasteiger partial charge in [0.1, 0.15) is 5.75 Å². The summed E-state index contributed by atoms with van der Waals surface area (Å²) in [6.45, 7) is 6.59. The molecule has 3 heterocycles. The molecule has 6 nitrogen and oxygen atoms in total. The number of ether oxygens (including phenoxy) is 1. The Hall–Kier alpha value is -3.29. The summed E-state index contributed by atoms with van der Waals surface area (Å²) in [5.41, 5.74) is 5.16. The van der Waals surface area contributed by atoms with Gasteiger partial charge < -0.3 is 4.74 Å². The van der Waals surface area contributed by atoms with Gasteiger partial charge in [-0.3, -0.25) is 24.3 Å². The summed E-state index contributed by atoms with van der Waals surface area (Å²) < 4.78 is 5.60. The lowest BCUT2D eigenvalue weighted by Gasteiger charge is -2.35. The van der Waals surface area contributed by atoms with Crippen molar-refractivity contribution in [3.8, 4) is 5.75 Å². The van der Waals surface area contributed by atoms with Crippen molar-refractivity contribution >= 4 is 35.0 Å². The SMILES string of the molecule is CCOc1ccc(N2C(=O)C(C)S[C@]23C(=O)N(CN2CCc4ccccc4C2)c2ccccc23)cc1. The molecule has 0 radical (unpaired) electrons. The lowest BCUT2D eigenvalue weighted by molar-refractivity contribution is -0.124. The van der Waals surface area contributed by atoms with Crippen LogP contribution in [0.5, 0.6) is 5.75 Å². The Labute approximate surface area is 215 Å². The van der Waals surface area contributed by atoms with Gasteiger partial charge in [0.25, 0.3) is 5.91 Å². The van der Waals surface area contributed by atoms with E-state index in [1.807, 2.05) is 67.3 Å². The van der Waals surface area contributed by atoms with Crippen LogP contribution in [0.15, 0.2) is 72.8 Å². The minimum absolute atomic E-state index is 0.0546. The third-order valence-corrected chi connectivity index (χ3v) is 8.76. The normalized spacial score (nSPS) is 23.3. The first kappa shape index (κ1) is 23.1. The Kier molecular flexibility index (Phi) is 5.77. The summed E-state index contributed by atoms with van der Waals surface area (Å²) in [4.78, 5) is 32.8. The zero-order valence-corrected chi connectivity index (χ0v) is 21.3. The summed E-state index contributed by atoms with van der Waals surface area (Å²) in [6.07, 6.45) is 0.966. The Morgan fingerprint density at radius 2 is 1.69 bits per heavy atom. The fourth-order valence-corrected chi connectivity index (χ4v) is 7.14. The molecule has 36 heavy (non-hydrogen) atoms. The molecule has 0 saturated carbocycles. The van der Waals surface area contributed by atoms with Crippen molar-refractivity contribution in [2.45, 2.75) is 36.9 Å². The number of rotatable bonds is 5. The van der Waals surface area contributed by atoms with Crippen LogP contribution < -0.4 is 14.5 Å². The molecular weight excluding hydrogens is 470 g/mol. The van der Waals surface area contributed by atoms with E-state index >= 15 is 0 Å². The van der Waals surface area contributed by atoms with Crippen molar-refractivity contribution in [1.29, 1.82) is 0 Å². The van der Waals surface area contributed by atoms with Crippen LogP contribution in [0, 0.1) is 0 Å². The molecule has 1 spiro atoms. The van der Waals surface area contributed by atoms with Crippen LogP contribution in [0.3, 0.4) is 0 Å². The second-order valence-corrected chi connectivity index (χ2v) is 11.0. The zero-order valence-electron chi connectivity index (χ0n) is 20.5. The van der Waals surface area contributed by atoms with Gasteiger partial charge in [0, 0.05) is 24.3 Å². The van der Waals surface area contributed by atoms with Crippen molar-refractivity contribution in [1.82, 2.24) is 4.90 Å². The fourth-order valence-electron chi connectivity index (χ4n) is 5.61. The monoisotopic (exact) mass is 499 g/mol. The average molecular weight is 500 g/mol. The Balaban J connectivity index is 1.38. The van der Waals surface area contributed by atoms with Crippen LogP contribution in [0.2, 0.25) is 0 Å². The predicted molar refractivity (Wildman–Crippen MR) is 143 cm³/mol. The Morgan fingerprint density at radius 1 is 0.972 bits per heavy atom. The number of benzene rings is 3. The smallest absolute Gasteiger partial charge is 0.269 e. The summed E-state index contributed by atoms with van der Waals surface area (Å²) in [6, 6.07) is 23.9. The van der Waals surface area contributed by atoms with Crippen LogP contribution in [-0.2, 0) is 27.4 Å². The number of nitrogens with zero attached hydrogens (tertiary/aromatic N) is 3. The first-order valence-electron chi connectivity index (χ1n) is 12.5. The second kappa shape index (κ2) is 8.98. The topological polar surface area (TPSA) is 53.1 Å². The van der Waals surface area contributed by atoms with Gasteiger partial charge in [0.2, 0.25) is 10.8 Å². The van der Waals surface area contributed by atoms with Gasteiger partial charge in [0.15, 0.2) is 0 Å². The molecule has 0 N–H and O–H groups in total. The third kappa shape index (κ3) is 3.52. The molecule has 6 rings (SSSR count). The molecule has 2 atom stereocenters. The lowest BCUT2D eigenvalue weighted by Crippen LogP contribution is -2.52. The molecule has 3 aliphatic rings. The highest BCUT2D eigenvalue weighted by molar-refractivity contribution is 8.03. The second-order valence-electron chi connectivity index (χ2n) is 9.47. The van der Waals surface area contributed by atoms with Crippen LogP contribution in [0.1, 0.15) is 30.5 Å². The van der Waals surface area contributed by atoms with E-state index in [0.29, 0.717) is 19.0 Å². The van der Waals surface area contributed by atoms with Gasteiger partial charge in [-0.2, -0.15) is 0 Å². The van der Waals surface area contributed by atoms with E-state index in [4.69, 9.17) is 4.74 Å². The van der Waals surface area contributed by atoms with Gasteiger partial charge in [-0.25, -0.2) is 0 Å². The van der Waals surface area contributed by atoms with Gasteiger partial charge in [0.05, 0.1) is 24.2 Å². The first-order valence-corrected chi connectivity index (χ1v) is 13.4. The van der Waals surface area contributed by atoms with Gasteiger partial charge in [-0.15, -0.1) is 11.8 Å². The third-order valence-electron chi connectivity index (χ3n) is 7.28. The van der Waals surface area contributed by atoms with Crippen molar-refractivity contribution in [3.63, 3.8) is 0 Å². The molecule has 0 bridgehead atoms. The number of para-hydroxylation sites is 1. The molecule has 7 heteroatoms. The minimum Gasteiger partial charge on any atom is -0.494 e. The van der Waals surface area contributed by atoms with Crippen LogP contribution >= 0.6 is 11.8 Å². The maximum atomic E-state index is 14.4. The van der Waals surface area contributed by atoms with E-state index in [1.54, 1.807) is 4.90 Å². The summed E-state index contributed by atoms with van der Waals surface area (Å²) in [7, 11) is 0. The number of amides is 2. The molecule has 3 aromatic rings. The standard InChI is InChI=1S/C29H29N3O3S/c1-3-35-24-14-12-23(13-15-24)32-27(33)20(2)36-29(32)25-10-6-7-11-26(25)31(28(29)34)19-30-17-16-21-8-4-5-9-22(21)18-30/h4-15,20H,3,16-19H2,1-2H3/t20?,29-/m1/s1. The van der Waals surface area contributed by atoms with Crippen molar-refractivity contribution in [2.75, 3.05) is 29.6 Å². The van der Waals surface area contributed by atoms with E-state index < -0.39 is 4.87 Å². The Morgan fingerprint density at radius 3 is 2.47 bits per heavy atom. The molecular formula is C29H29N3O3S. The van der Waals surface area contributed by atoms with Gasteiger partial charge in [-0.1, -0.05) is 42.5 Å². The number of anilines is 2. The predicted octanol–water partition coefficient (Wildman–Crippen LogP) is 4.77. The molecule has 0 aliphatic carbocycles. The molecule has 184 valence electrons. The quantitative estimate of drug-likeness (QED) is 0.506. The molecule has 2 amide bonds. The molecule has 3 aliphatic heterocycles. The van der Waals surface area contributed by atoms with Crippen molar-refractivity contribution < 1.29 is 14.3 Å². The van der Waals surface area contributed by atoms with E-state index in [-0.39, 0.29) is 17.1 Å². The lowest BCUT2D eigenvalue weighted by atomic mass is 10.0. The van der Waals surface area contributed by atoms with Gasteiger partial charge >= 0.3 is 0 Å². The van der Waals surface area contributed by atoms with Crippen molar-refractivity contribution in [2.24, 2.45) is 0 Å². The highest BCUT2D eigenvalue weighted by atomic mass is 32.2. The summed E-state index contributed by atoms with van der Waals surface area (Å²) in [5.74, 6) is 0.632. The largest absolute Gasteiger partial charge is 0.494 e. The van der Waals surface area contributed by atoms with E-state index in [1.165, 1.54) is 22.9 Å². The van der Waals surface area contributed by atoms with Crippen LogP contribution in [0.4, 0.5) is 11.4 Å². The van der Waals surface area contributed by atoms with Gasteiger partial charge in [-0.05, 0) is 61.7 Å². The maximum absolute atomic E-state index is 14.4. The number of hydrogen-bond acceptors (Lipinski definition) is 5. The van der Waals surface area contributed by atoms with Crippen molar-refractivity contribution in [3.05, 3.63) is 89.5 Å². The number of carbonyl (C=O) groups excluding carboxylic acids is 2. The molecule has 1 fully saturated rings. The summed E-state index contributed by atoms with van der Waals surface area (Å²) in [5, 5.41) is -0.338.